The maximum Gasteiger partial charge on any atom is 0.137 e. The summed E-state index contributed by atoms with van der Waals surface area (Å²) in [5.41, 5.74) is 2.29. The van der Waals surface area contributed by atoms with E-state index >= 15 is 0 Å². The van der Waals surface area contributed by atoms with Gasteiger partial charge in [-0.2, -0.15) is 0 Å². The molecule has 0 radical (unpaired) electrons. The maximum absolute atomic E-state index is 13.2. The van der Waals surface area contributed by atoms with Gasteiger partial charge in [-0.05, 0) is 57.7 Å². The van der Waals surface area contributed by atoms with Gasteiger partial charge in [-0.25, -0.2) is 4.39 Å². The van der Waals surface area contributed by atoms with Crippen LogP contribution >= 0.6 is 47.8 Å². The largest absolute Gasteiger partial charge is 0.206 e. The highest BCUT2D eigenvalue weighted by Gasteiger charge is 2.10. The van der Waals surface area contributed by atoms with Gasteiger partial charge in [-0.3, -0.25) is 0 Å². The summed E-state index contributed by atoms with van der Waals surface area (Å²) in [4.78, 5) is 0.170. The molecule has 0 aliphatic heterocycles. The lowest BCUT2D eigenvalue weighted by Crippen LogP contribution is -1.96. The van der Waals surface area contributed by atoms with Crippen LogP contribution in [-0.4, -0.2) is 0 Å². The van der Waals surface area contributed by atoms with Crippen LogP contribution in [0.25, 0.3) is 0 Å². The highest BCUT2D eigenvalue weighted by Crippen LogP contribution is 2.30. The average molecular weight is 437 g/mol. The summed E-state index contributed by atoms with van der Waals surface area (Å²) in [5, 5.41) is 0. The van der Waals surface area contributed by atoms with Gasteiger partial charge in [0, 0.05) is 9.30 Å². The Morgan fingerprint density at radius 2 is 1.83 bits per heavy atom. The summed E-state index contributed by atoms with van der Waals surface area (Å²) in [6.45, 7) is 0. The zero-order chi connectivity index (χ0) is 13.1. The van der Waals surface area contributed by atoms with Crippen molar-refractivity contribution >= 4 is 47.8 Å². The molecule has 0 N–H and O–H groups in total. The van der Waals surface area contributed by atoms with Gasteiger partial charge in [0.25, 0.3) is 0 Å². The lowest BCUT2D eigenvalue weighted by atomic mass is 10.0. The second-order valence-electron chi connectivity index (χ2n) is 3.98. The van der Waals surface area contributed by atoms with Crippen LogP contribution in [0.4, 0.5) is 4.39 Å². The van der Waals surface area contributed by atoms with Crippen LogP contribution in [0.15, 0.2) is 51.4 Å². The molecule has 0 aliphatic carbocycles. The number of rotatable bonds is 3. The van der Waals surface area contributed by atoms with Crippen molar-refractivity contribution in [1.29, 1.82) is 0 Å². The number of benzene rings is 2. The van der Waals surface area contributed by atoms with Gasteiger partial charge in [0.1, 0.15) is 5.82 Å². The lowest BCUT2D eigenvalue weighted by Gasteiger charge is -2.11. The summed E-state index contributed by atoms with van der Waals surface area (Å²) in [6.07, 6.45) is 0.859. The molecule has 94 valence electrons. The lowest BCUT2D eigenvalue weighted by molar-refractivity contribution is 0.620. The molecule has 0 aliphatic rings. The van der Waals surface area contributed by atoms with Crippen LogP contribution in [0.5, 0.6) is 0 Å². The Morgan fingerprint density at radius 1 is 1.06 bits per heavy atom. The fourth-order valence-corrected chi connectivity index (χ4v) is 3.20. The molecule has 1 unspecified atom stereocenters. The molecule has 0 nitrogen and oxygen atoms in total. The van der Waals surface area contributed by atoms with Crippen LogP contribution in [0.1, 0.15) is 16.0 Å². The summed E-state index contributed by atoms with van der Waals surface area (Å²) in [7, 11) is 0. The molecule has 2 aromatic carbocycles. The molecular weight excluding hydrogens is 427 g/mol. The molecule has 0 saturated carbocycles. The number of hydrogen-bond acceptors (Lipinski definition) is 0. The minimum Gasteiger partial charge on any atom is -0.206 e. The topological polar surface area (TPSA) is 0 Å². The molecule has 18 heavy (non-hydrogen) atoms. The molecule has 0 heterocycles. The second kappa shape index (κ2) is 6.31. The minimum absolute atomic E-state index is 0.170. The number of halogens is 4. The van der Waals surface area contributed by atoms with Crippen LogP contribution < -0.4 is 0 Å². The van der Waals surface area contributed by atoms with E-state index in [1.807, 2.05) is 18.2 Å². The van der Waals surface area contributed by atoms with Gasteiger partial charge < -0.3 is 0 Å². The smallest absolute Gasteiger partial charge is 0.137 e. The molecule has 0 spiro atoms. The van der Waals surface area contributed by atoms with E-state index in [2.05, 4.69) is 59.9 Å². The van der Waals surface area contributed by atoms with Crippen LogP contribution in [-0.2, 0) is 6.42 Å². The van der Waals surface area contributed by atoms with E-state index in [9.17, 15) is 4.39 Å². The van der Waals surface area contributed by atoms with Crippen molar-refractivity contribution in [2.45, 2.75) is 11.2 Å². The Kier molecular flexibility index (Phi) is 4.98. The van der Waals surface area contributed by atoms with Crippen molar-refractivity contribution in [2.75, 3.05) is 0 Å². The quantitative estimate of drug-likeness (QED) is 0.515. The standard InChI is InChI=1S/C14H10Br3F/c15-11-3-1-2-9(6-11)7-12(16)10-4-5-14(18)13(17)8-10/h1-6,8,12H,7H2. The van der Waals surface area contributed by atoms with Gasteiger partial charge in [0.2, 0.25) is 0 Å². The Morgan fingerprint density at radius 3 is 2.50 bits per heavy atom. The van der Waals surface area contributed by atoms with Crippen molar-refractivity contribution in [3.8, 4) is 0 Å². The third kappa shape index (κ3) is 3.65. The number of hydrogen-bond donors (Lipinski definition) is 0. The van der Waals surface area contributed by atoms with E-state index < -0.39 is 0 Å². The van der Waals surface area contributed by atoms with Crippen molar-refractivity contribution in [1.82, 2.24) is 0 Å². The Bertz CT molecular complexity index is 554. The van der Waals surface area contributed by atoms with E-state index in [-0.39, 0.29) is 10.6 Å². The highest BCUT2D eigenvalue weighted by molar-refractivity contribution is 9.10. The fourth-order valence-electron chi connectivity index (χ4n) is 1.70. The fraction of sp³-hybridized carbons (Fsp3) is 0.143. The molecule has 1 atom stereocenters. The first-order chi connectivity index (χ1) is 8.56. The molecule has 4 heteroatoms. The summed E-state index contributed by atoms with van der Waals surface area (Å²) >= 11 is 10.3. The van der Waals surface area contributed by atoms with Crippen LogP contribution in [0.3, 0.4) is 0 Å². The summed E-state index contributed by atoms with van der Waals surface area (Å²) in [5.74, 6) is -0.235. The molecule has 0 aromatic heterocycles. The summed E-state index contributed by atoms with van der Waals surface area (Å²) in [6, 6.07) is 13.3. The van der Waals surface area contributed by atoms with E-state index in [1.165, 1.54) is 11.6 Å². The summed E-state index contributed by atoms with van der Waals surface area (Å²) < 4.78 is 14.7. The van der Waals surface area contributed by atoms with Gasteiger partial charge in [0.15, 0.2) is 0 Å². The molecule has 0 amide bonds. The van der Waals surface area contributed by atoms with Crippen molar-refractivity contribution in [3.05, 3.63) is 68.4 Å². The van der Waals surface area contributed by atoms with E-state index in [4.69, 9.17) is 0 Å². The molecule has 0 saturated heterocycles. The maximum atomic E-state index is 13.2. The Hall–Kier alpha value is -0.190. The predicted molar refractivity (Wildman–Crippen MR) is 83.6 cm³/mol. The third-order valence-electron chi connectivity index (χ3n) is 2.61. The van der Waals surface area contributed by atoms with E-state index in [0.717, 1.165) is 16.5 Å². The van der Waals surface area contributed by atoms with Crippen LogP contribution in [0, 0.1) is 5.82 Å². The van der Waals surface area contributed by atoms with Gasteiger partial charge in [-0.15, -0.1) is 0 Å². The Labute approximate surface area is 131 Å². The number of alkyl halides is 1. The SMILES string of the molecule is Fc1ccc(C(Br)Cc2cccc(Br)c2)cc1Br. The monoisotopic (exact) mass is 434 g/mol. The first-order valence-electron chi connectivity index (χ1n) is 5.40. The first-order valence-corrected chi connectivity index (χ1v) is 7.90. The van der Waals surface area contributed by atoms with Crippen molar-refractivity contribution in [2.24, 2.45) is 0 Å². The first kappa shape index (κ1) is 14.2. The van der Waals surface area contributed by atoms with E-state index in [0.29, 0.717) is 4.47 Å². The second-order valence-corrected chi connectivity index (χ2v) is 6.85. The van der Waals surface area contributed by atoms with Crippen molar-refractivity contribution in [3.63, 3.8) is 0 Å². The molecular formula is C14H10Br3F. The molecule has 2 rings (SSSR count). The van der Waals surface area contributed by atoms with Gasteiger partial charge in [0.05, 0.1) is 4.47 Å². The predicted octanol–water partition coefficient (Wildman–Crippen LogP) is 6.03. The highest BCUT2D eigenvalue weighted by atomic mass is 79.9. The average Bonchev–Trinajstić information content (AvgIpc) is 2.32. The molecule has 0 fully saturated rings. The molecule has 2 aromatic rings. The van der Waals surface area contributed by atoms with Crippen LogP contribution in [0.2, 0.25) is 0 Å². The zero-order valence-electron chi connectivity index (χ0n) is 9.34. The van der Waals surface area contributed by atoms with Gasteiger partial charge >= 0.3 is 0 Å². The van der Waals surface area contributed by atoms with Crippen molar-refractivity contribution < 1.29 is 4.39 Å². The molecule has 0 bridgehead atoms. The zero-order valence-corrected chi connectivity index (χ0v) is 14.1. The Balaban J connectivity index is 2.16. The van der Waals surface area contributed by atoms with E-state index in [1.54, 1.807) is 6.07 Å². The normalized spacial score (nSPS) is 12.4. The van der Waals surface area contributed by atoms with Gasteiger partial charge in [-0.1, -0.05) is 50.1 Å². The minimum atomic E-state index is -0.235. The third-order valence-corrected chi connectivity index (χ3v) is 4.56.